The SMILES string of the molecule is CCN(c1nc(OC)ncc1Cl)C1CCCNC1. The third-order valence-corrected chi connectivity index (χ3v) is 3.48. The molecular formula is C12H19ClN4O. The Morgan fingerprint density at radius 2 is 2.44 bits per heavy atom. The zero-order valence-electron chi connectivity index (χ0n) is 10.8. The molecule has 18 heavy (non-hydrogen) atoms. The van der Waals surface area contributed by atoms with Crippen molar-refractivity contribution >= 4 is 17.4 Å². The second-order valence-electron chi connectivity index (χ2n) is 4.31. The normalized spacial score (nSPS) is 19.6. The third-order valence-electron chi connectivity index (χ3n) is 3.21. The van der Waals surface area contributed by atoms with E-state index in [9.17, 15) is 0 Å². The minimum absolute atomic E-state index is 0.358. The molecule has 0 spiro atoms. The van der Waals surface area contributed by atoms with Crippen molar-refractivity contribution in [2.24, 2.45) is 0 Å². The molecule has 0 amide bonds. The zero-order chi connectivity index (χ0) is 13.0. The average molecular weight is 271 g/mol. The largest absolute Gasteiger partial charge is 0.467 e. The van der Waals surface area contributed by atoms with Gasteiger partial charge in [-0.1, -0.05) is 11.6 Å². The highest BCUT2D eigenvalue weighted by atomic mass is 35.5. The molecule has 1 aliphatic heterocycles. The van der Waals surface area contributed by atoms with Gasteiger partial charge in [-0.15, -0.1) is 0 Å². The molecule has 1 aromatic rings. The summed E-state index contributed by atoms with van der Waals surface area (Å²) in [5.41, 5.74) is 0. The number of aromatic nitrogens is 2. The predicted octanol–water partition coefficient (Wildman–Crippen LogP) is 1.72. The highest BCUT2D eigenvalue weighted by molar-refractivity contribution is 6.32. The molecule has 0 bridgehead atoms. The second-order valence-corrected chi connectivity index (χ2v) is 4.72. The Morgan fingerprint density at radius 1 is 1.61 bits per heavy atom. The molecule has 1 N–H and O–H groups in total. The van der Waals surface area contributed by atoms with Crippen LogP contribution in [0.5, 0.6) is 6.01 Å². The first kappa shape index (κ1) is 13.4. The lowest BCUT2D eigenvalue weighted by Gasteiger charge is -2.35. The smallest absolute Gasteiger partial charge is 0.318 e. The molecule has 5 nitrogen and oxygen atoms in total. The van der Waals surface area contributed by atoms with Gasteiger partial charge in [0.05, 0.1) is 13.3 Å². The first-order chi connectivity index (χ1) is 8.76. The van der Waals surface area contributed by atoms with Crippen LogP contribution in [0.4, 0.5) is 5.82 Å². The van der Waals surface area contributed by atoms with Crippen LogP contribution in [0.2, 0.25) is 5.02 Å². The maximum Gasteiger partial charge on any atom is 0.318 e. The molecule has 0 aliphatic carbocycles. The molecule has 1 saturated heterocycles. The van der Waals surface area contributed by atoms with Crippen LogP contribution in [-0.4, -0.2) is 42.8 Å². The number of ether oxygens (including phenoxy) is 1. The summed E-state index contributed by atoms with van der Waals surface area (Å²) < 4.78 is 5.07. The number of likely N-dealkylation sites (N-methyl/N-ethyl adjacent to an activating group) is 1. The first-order valence-corrected chi connectivity index (χ1v) is 6.68. The molecule has 2 rings (SSSR count). The first-order valence-electron chi connectivity index (χ1n) is 6.30. The summed E-state index contributed by atoms with van der Waals surface area (Å²) in [5.74, 6) is 0.764. The second kappa shape index (κ2) is 6.20. The molecule has 1 unspecified atom stereocenters. The number of halogens is 1. The van der Waals surface area contributed by atoms with Gasteiger partial charge in [-0.05, 0) is 26.3 Å². The van der Waals surface area contributed by atoms with Crippen LogP contribution in [-0.2, 0) is 0 Å². The molecular weight excluding hydrogens is 252 g/mol. The van der Waals surface area contributed by atoms with E-state index in [1.165, 1.54) is 6.42 Å². The van der Waals surface area contributed by atoms with Crippen molar-refractivity contribution in [3.8, 4) is 6.01 Å². The van der Waals surface area contributed by atoms with Crippen LogP contribution in [0.3, 0.4) is 0 Å². The van der Waals surface area contributed by atoms with Gasteiger partial charge >= 0.3 is 6.01 Å². The fraction of sp³-hybridized carbons (Fsp3) is 0.667. The average Bonchev–Trinajstić information content (AvgIpc) is 2.43. The molecule has 1 aromatic heterocycles. The molecule has 6 heteroatoms. The fourth-order valence-electron chi connectivity index (χ4n) is 2.32. The minimum atomic E-state index is 0.358. The molecule has 2 heterocycles. The summed E-state index contributed by atoms with van der Waals surface area (Å²) in [4.78, 5) is 10.6. The van der Waals surface area contributed by atoms with Crippen molar-refractivity contribution in [3.63, 3.8) is 0 Å². The van der Waals surface area contributed by atoms with Gasteiger partial charge in [-0.2, -0.15) is 4.98 Å². The number of hydrogen-bond donors (Lipinski definition) is 1. The van der Waals surface area contributed by atoms with Crippen LogP contribution < -0.4 is 15.0 Å². The van der Waals surface area contributed by atoms with E-state index >= 15 is 0 Å². The van der Waals surface area contributed by atoms with Crippen molar-refractivity contribution in [2.75, 3.05) is 31.6 Å². The Hall–Kier alpha value is -1.07. The lowest BCUT2D eigenvalue weighted by Crippen LogP contribution is -2.46. The fourth-order valence-corrected chi connectivity index (χ4v) is 2.52. The van der Waals surface area contributed by atoms with Crippen LogP contribution >= 0.6 is 11.6 Å². The molecule has 1 fully saturated rings. The van der Waals surface area contributed by atoms with Gasteiger partial charge in [0.2, 0.25) is 0 Å². The van der Waals surface area contributed by atoms with E-state index in [1.807, 2.05) is 0 Å². The third kappa shape index (κ3) is 2.84. The standard InChI is InChI=1S/C12H19ClN4O/c1-3-17(9-5-4-6-14-7-9)11-10(13)8-15-12(16-11)18-2/h8-9,14H,3-7H2,1-2H3. The predicted molar refractivity (Wildman–Crippen MR) is 72.5 cm³/mol. The van der Waals surface area contributed by atoms with E-state index in [2.05, 4.69) is 27.1 Å². The number of methoxy groups -OCH3 is 1. The summed E-state index contributed by atoms with van der Waals surface area (Å²) in [5, 5.41) is 3.98. The van der Waals surface area contributed by atoms with Crippen molar-refractivity contribution in [1.29, 1.82) is 0 Å². The van der Waals surface area contributed by atoms with Gasteiger partial charge < -0.3 is 15.0 Å². The highest BCUT2D eigenvalue weighted by Gasteiger charge is 2.23. The Kier molecular flexibility index (Phi) is 4.60. The Balaban J connectivity index is 2.25. The van der Waals surface area contributed by atoms with Gasteiger partial charge in [0.1, 0.15) is 5.02 Å². The maximum absolute atomic E-state index is 6.20. The lowest BCUT2D eigenvalue weighted by atomic mass is 10.1. The van der Waals surface area contributed by atoms with Gasteiger partial charge in [0, 0.05) is 19.1 Å². The molecule has 1 atom stereocenters. The summed E-state index contributed by atoms with van der Waals surface area (Å²) in [6, 6.07) is 0.789. The molecule has 1 aliphatic rings. The molecule has 0 aromatic carbocycles. The van der Waals surface area contributed by atoms with E-state index in [-0.39, 0.29) is 0 Å². The summed E-state index contributed by atoms with van der Waals surface area (Å²) in [6.45, 7) is 5.04. The minimum Gasteiger partial charge on any atom is -0.467 e. The zero-order valence-corrected chi connectivity index (χ0v) is 11.6. The number of piperidine rings is 1. The van der Waals surface area contributed by atoms with Crippen molar-refractivity contribution in [2.45, 2.75) is 25.8 Å². The molecule has 100 valence electrons. The number of hydrogen-bond acceptors (Lipinski definition) is 5. The van der Waals surface area contributed by atoms with Crippen LogP contribution in [0, 0.1) is 0 Å². The topological polar surface area (TPSA) is 50.3 Å². The summed E-state index contributed by atoms with van der Waals surface area (Å²) in [7, 11) is 1.56. The van der Waals surface area contributed by atoms with Crippen molar-refractivity contribution < 1.29 is 4.74 Å². The van der Waals surface area contributed by atoms with Crippen LogP contribution in [0.15, 0.2) is 6.20 Å². The van der Waals surface area contributed by atoms with Crippen LogP contribution in [0.1, 0.15) is 19.8 Å². The van der Waals surface area contributed by atoms with E-state index in [1.54, 1.807) is 13.3 Å². The number of nitrogens with zero attached hydrogens (tertiary/aromatic N) is 3. The lowest BCUT2D eigenvalue weighted by molar-refractivity contribution is 0.377. The Bertz CT molecular complexity index is 396. The number of anilines is 1. The van der Waals surface area contributed by atoms with E-state index in [4.69, 9.17) is 16.3 Å². The Morgan fingerprint density at radius 3 is 3.06 bits per heavy atom. The monoisotopic (exact) mass is 270 g/mol. The summed E-state index contributed by atoms with van der Waals surface area (Å²) >= 11 is 6.20. The molecule has 0 radical (unpaired) electrons. The number of rotatable bonds is 4. The molecule has 0 saturated carbocycles. The van der Waals surface area contributed by atoms with E-state index < -0.39 is 0 Å². The van der Waals surface area contributed by atoms with Crippen molar-refractivity contribution in [3.05, 3.63) is 11.2 Å². The van der Waals surface area contributed by atoms with Crippen molar-refractivity contribution in [1.82, 2.24) is 15.3 Å². The van der Waals surface area contributed by atoms with Gasteiger partial charge in [0.25, 0.3) is 0 Å². The maximum atomic E-state index is 6.20. The van der Waals surface area contributed by atoms with Gasteiger partial charge in [-0.3, -0.25) is 0 Å². The van der Waals surface area contributed by atoms with E-state index in [0.717, 1.165) is 31.9 Å². The van der Waals surface area contributed by atoms with Gasteiger partial charge in [-0.25, -0.2) is 4.98 Å². The quantitative estimate of drug-likeness (QED) is 0.903. The van der Waals surface area contributed by atoms with Gasteiger partial charge in [0.15, 0.2) is 5.82 Å². The Labute approximate surface area is 113 Å². The number of nitrogens with one attached hydrogen (secondary N) is 1. The summed E-state index contributed by atoms with van der Waals surface area (Å²) in [6.07, 6.45) is 3.94. The van der Waals surface area contributed by atoms with Crippen LogP contribution in [0.25, 0.3) is 0 Å². The highest BCUT2D eigenvalue weighted by Crippen LogP contribution is 2.27. The van der Waals surface area contributed by atoms with E-state index in [0.29, 0.717) is 17.1 Å².